The van der Waals surface area contributed by atoms with Gasteiger partial charge in [-0.2, -0.15) is 0 Å². The molecule has 4 heteroatoms. The summed E-state index contributed by atoms with van der Waals surface area (Å²) in [6, 6.07) is 7.47. The van der Waals surface area contributed by atoms with Crippen molar-refractivity contribution < 1.29 is 0 Å². The maximum absolute atomic E-state index is 5.74. The molecule has 0 aliphatic carbocycles. The van der Waals surface area contributed by atoms with Crippen molar-refractivity contribution in [1.82, 2.24) is 4.98 Å². The van der Waals surface area contributed by atoms with Gasteiger partial charge in [0.15, 0.2) is 0 Å². The number of benzene rings is 1. The number of hydrogen-bond acceptors (Lipinski definition) is 2. The average Bonchev–Trinajstić information content (AvgIpc) is 2.07. The van der Waals surface area contributed by atoms with E-state index in [2.05, 4.69) is 4.98 Å². The summed E-state index contributed by atoms with van der Waals surface area (Å²) in [7, 11) is 0. The summed E-state index contributed by atoms with van der Waals surface area (Å²) in [6.45, 7) is 0. The van der Waals surface area contributed by atoms with E-state index in [0.717, 1.165) is 16.5 Å². The Morgan fingerprint density at radius 1 is 1.31 bits per heavy atom. The fourth-order valence-electron chi connectivity index (χ4n) is 1.17. The highest BCUT2D eigenvalue weighted by molar-refractivity contribution is 6.30. The van der Waals surface area contributed by atoms with Gasteiger partial charge in [-0.15, -0.1) is 12.4 Å². The first kappa shape index (κ1) is 10.1. The molecule has 0 bridgehead atoms. The monoisotopic (exact) mass is 214 g/mol. The smallest absolute Gasteiger partial charge is 0.129 e. The minimum absolute atomic E-state index is 0. The van der Waals surface area contributed by atoms with E-state index in [-0.39, 0.29) is 12.4 Å². The molecule has 1 aromatic heterocycles. The molecule has 2 aromatic rings. The quantitative estimate of drug-likeness (QED) is 0.542. The van der Waals surface area contributed by atoms with Crippen LogP contribution >= 0.6 is 24.0 Å². The summed E-state index contributed by atoms with van der Waals surface area (Å²) in [5.74, 6) is 0. The molecule has 2 N–H and O–H groups in total. The first-order valence-electron chi connectivity index (χ1n) is 3.57. The van der Waals surface area contributed by atoms with Crippen LogP contribution in [-0.4, -0.2) is 4.98 Å². The van der Waals surface area contributed by atoms with Gasteiger partial charge >= 0.3 is 0 Å². The molecule has 0 unspecified atom stereocenters. The number of pyridine rings is 1. The van der Waals surface area contributed by atoms with Gasteiger partial charge in [0.25, 0.3) is 0 Å². The molecule has 0 atom stereocenters. The lowest BCUT2D eigenvalue weighted by molar-refractivity contribution is 1.36. The molecule has 1 heterocycles. The van der Waals surface area contributed by atoms with E-state index in [1.807, 2.05) is 18.2 Å². The number of aromatic nitrogens is 1. The zero-order chi connectivity index (χ0) is 8.55. The molecule has 2 rings (SSSR count). The maximum Gasteiger partial charge on any atom is 0.129 e. The summed E-state index contributed by atoms with van der Waals surface area (Å²) in [5, 5.41) is 2.44. The first-order valence-corrected chi connectivity index (χ1v) is 3.95. The molecule has 0 aliphatic rings. The van der Waals surface area contributed by atoms with E-state index in [1.165, 1.54) is 0 Å². The lowest BCUT2D eigenvalue weighted by Gasteiger charge is -2.00. The van der Waals surface area contributed by atoms with Crippen molar-refractivity contribution in [1.29, 1.82) is 0 Å². The van der Waals surface area contributed by atoms with Gasteiger partial charge in [-0.1, -0.05) is 23.7 Å². The highest BCUT2D eigenvalue weighted by Gasteiger charge is 1.97. The Bertz CT molecular complexity index is 429. The maximum atomic E-state index is 5.74. The second-order valence-corrected chi connectivity index (χ2v) is 2.96. The van der Waals surface area contributed by atoms with Crippen LogP contribution in [0.25, 0.3) is 10.8 Å². The molecule has 0 saturated carbocycles. The Hall–Kier alpha value is -0.990. The lowest BCUT2D eigenvalue weighted by atomic mass is 10.1. The molecule has 1 aromatic carbocycles. The highest BCUT2D eigenvalue weighted by Crippen LogP contribution is 2.21. The third-order valence-corrected chi connectivity index (χ3v) is 1.97. The summed E-state index contributed by atoms with van der Waals surface area (Å²) in [4.78, 5) is 3.96. The van der Waals surface area contributed by atoms with Crippen LogP contribution < -0.4 is 5.73 Å². The first-order chi connectivity index (χ1) is 5.77. The standard InChI is InChI=1S/C9H7ClN2.ClH/c10-9-4-7-6(5-12-9)2-1-3-8(7)11;/h1-5H,11H2;1H. The molecule has 13 heavy (non-hydrogen) atoms. The zero-order valence-electron chi connectivity index (χ0n) is 6.70. The Labute approximate surface area is 87.1 Å². The highest BCUT2D eigenvalue weighted by atomic mass is 35.5. The Morgan fingerprint density at radius 2 is 2.08 bits per heavy atom. The van der Waals surface area contributed by atoms with Crippen molar-refractivity contribution in [3.8, 4) is 0 Å². The van der Waals surface area contributed by atoms with Crippen molar-refractivity contribution >= 4 is 40.5 Å². The van der Waals surface area contributed by atoms with Crippen LogP contribution in [0.1, 0.15) is 0 Å². The Morgan fingerprint density at radius 3 is 2.85 bits per heavy atom. The van der Waals surface area contributed by atoms with Gasteiger partial charge in [-0.3, -0.25) is 0 Å². The molecular weight excluding hydrogens is 207 g/mol. The van der Waals surface area contributed by atoms with Crippen molar-refractivity contribution in [2.45, 2.75) is 0 Å². The minimum atomic E-state index is 0. The molecule has 0 spiro atoms. The second-order valence-electron chi connectivity index (χ2n) is 2.58. The van der Waals surface area contributed by atoms with Gasteiger partial charge in [0.1, 0.15) is 5.15 Å². The van der Waals surface area contributed by atoms with Crippen LogP contribution in [0.2, 0.25) is 5.15 Å². The fourth-order valence-corrected chi connectivity index (χ4v) is 1.33. The third-order valence-electron chi connectivity index (χ3n) is 1.76. The largest absolute Gasteiger partial charge is 0.398 e. The number of anilines is 1. The van der Waals surface area contributed by atoms with Gasteiger partial charge < -0.3 is 5.73 Å². The second kappa shape index (κ2) is 3.81. The van der Waals surface area contributed by atoms with Gasteiger partial charge in [0.05, 0.1) is 0 Å². The van der Waals surface area contributed by atoms with E-state index < -0.39 is 0 Å². The van der Waals surface area contributed by atoms with E-state index in [4.69, 9.17) is 17.3 Å². The topological polar surface area (TPSA) is 38.9 Å². The summed E-state index contributed by atoms with van der Waals surface area (Å²) >= 11 is 5.72. The van der Waals surface area contributed by atoms with Crippen molar-refractivity contribution in [3.63, 3.8) is 0 Å². The molecular formula is C9H8Cl2N2. The van der Waals surface area contributed by atoms with Crippen LogP contribution in [0, 0.1) is 0 Å². The molecule has 0 fully saturated rings. The predicted molar refractivity (Wildman–Crippen MR) is 58.4 cm³/mol. The van der Waals surface area contributed by atoms with Gasteiger partial charge in [-0.05, 0) is 12.1 Å². The van der Waals surface area contributed by atoms with Gasteiger partial charge in [0, 0.05) is 22.7 Å². The van der Waals surface area contributed by atoms with Crippen molar-refractivity contribution in [2.24, 2.45) is 0 Å². The van der Waals surface area contributed by atoms with Crippen LogP contribution in [0.5, 0.6) is 0 Å². The normalized spacial score (nSPS) is 9.62. The van der Waals surface area contributed by atoms with Crippen molar-refractivity contribution in [2.75, 3.05) is 5.73 Å². The zero-order valence-corrected chi connectivity index (χ0v) is 8.27. The van der Waals surface area contributed by atoms with E-state index in [0.29, 0.717) is 5.15 Å². The summed E-state index contributed by atoms with van der Waals surface area (Å²) < 4.78 is 0. The van der Waals surface area contributed by atoms with Crippen molar-refractivity contribution in [3.05, 3.63) is 35.6 Å². The molecule has 68 valence electrons. The number of nitrogens with zero attached hydrogens (tertiary/aromatic N) is 1. The summed E-state index contributed by atoms with van der Waals surface area (Å²) in [6.07, 6.45) is 1.72. The van der Waals surface area contributed by atoms with E-state index in [1.54, 1.807) is 12.3 Å². The number of halogens is 2. The van der Waals surface area contributed by atoms with Crippen LogP contribution in [-0.2, 0) is 0 Å². The number of rotatable bonds is 0. The molecule has 2 nitrogen and oxygen atoms in total. The number of fused-ring (bicyclic) bond motifs is 1. The van der Waals surface area contributed by atoms with Crippen LogP contribution in [0.3, 0.4) is 0 Å². The van der Waals surface area contributed by atoms with Crippen LogP contribution in [0.4, 0.5) is 5.69 Å². The number of nitrogens with two attached hydrogens (primary N) is 1. The average molecular weight is 215 g/mol. The number of nitrogen functional groups attached to an aromatic ring is 1. The molecule has 0 radical (unpaired) electrons. The van der Waals surface area contributed by atoms with Gasteiger partial charge in [-0.25, -0.2) is 4.98 Å². The van der Waals surface area contributed by atoms with Gasteiger partial charge in [0.2, 0.25) is 0 Å². The van der Waals surface area contributed by atoms with Crippen LogP contribution in [0.15, 0.2) is 30.5 Å². The summed E-state index contributed by atoms with van der Waals surface area (Å²) in [5.41, 5.74) is 6.47. The fraction of sp³-hybridized carbons (Fsp3) is 0. The predicted octanol–water partition coefficient (Wildman–Crippen LogP) is 2.89. The molecule has 0 amide bonds. The Balaban J connectivity index is 0.000000845. The van der Waals surface area contributed by atoms with E-state index >= 15 is 0 Å². The Kier molecular flexibility index (Phi) is 2.96. The number of hydrogen-bond donors (Lipinski definition) is 1. The van der Waals surface area contributed by atoms with E-state index in [9.17, 15) is 0 Å². The lowest BCUT2D eigenvalue weighted by Crippen LogP contribution is -1.86. The molecule has 0 saturated heterocycles. The third kappa shape index (κ3) is 1.85. The SMILES string of the molecule is Cl.Nc1cccc2cnc(Cl)cc12. The minimum Gasteiger partial charge on any atom is -0.398 e. The molecule has 0 aliphatic heterocycles.